The van der Waals surface area contributed by atoms with Gasteiger partial charge in [0.15, 0.2) is 11.2 Å². The Labute approximate surface area is 131 Å². The Balaban J connectivity index is 2.00. The fraction of sp³-hybridized carbons (Fsp3) is 0.538. The first-order chi connectivity index (χ1) is 11.0. The molecule has 1 fully saturated rings. The molecule has 0 unspecified atom stereocenters. The van der Waals surface area contributed by atoms with Crippen LogP contribution in [0, 0.1) is 0 Å². The minimum atomic E-state index is -0.782. The molecule has 124 valence electrons. The van der Waals surface area contributed by atoms with Crippen LogP contribution < -0.4 is 5.56 Å². The molecule has 0 amide bonds. The van der Waals surface area contributed by atoms with Gasteiger partial charge in [-0.2, -0.15) is 4.98 Å². The number of aromatic amines is 1. The first kappa shape index (κ1) is 15.6. The van der Waals surface area contributed by atoms with Crippen molar-refractivity contribution in [2.75, 3.05) is 20.7 Å². The number of fused-ring (bicyclic) bond motifs is 1. The van der Waals surface area contributed by atoms with E-state index in [0.29, 0.717) is 5.65 Å². The number of H-pyrrole nitrogens is 1. The normalized spacial score (nSPS) is 24.8. The molecule has 10 nitrogen and oxygen atoms in total. The van der Waals surface area contributed by atoms with E-state index in [4.69, 9.17) is 4.74 Å². The molecule has 0 aromatic carbocycles. The van der Waals surface area contributed by atoms with Crippen LogP contribution in [0.1, 0.15) is 12.6 Å². The van der Waals surface area contributed by atoms with Crippen LogP contribution in [-0.4, -0.2) is 73.9 Å². The summed E-state index contributed by atoms with van der Waals surface area (Å²) < 4.78 is 7.14. The first-order valence-electron chi connectivity index (χ1n) is 7.11. The summed E-state index contributed by atoms with van der Waals surface area (Å²) in [6.45, 7) is -0.281. The molecule has 1 aliphatic rings. The van der Waals surface area contributed by atoms with Crippen LogP contribution in [-0.2, 0) is 4.74 Å². The molecule has 1 aliphatic heterocycles. The van der Waals surface area contributed by atoms with E-state index in [-0.39, 0.29) is 24.5 Å². The van der Waals surface area contributed by atoms with Crippen molar-refractivity contribution < 1.29 is 14.9 Å². The number of ether oxygens (including phenoxy) is 1. The van der Waals surface area contributed by atoms with E-state index in [0.717, 1.165) is 0 Å². The second-order valence-corrected chi connectivity index (χ2v) is 5.54. The maximum absolute atomic E-state index is 12.1. The minimum Gasteiger partial charge on any atom is -0.394 e. The Hall–Kier alpha value is -2.30. The number of aliphatic hydroxyl groups excluding tert-OH is 2. The number of aromatic nitrogens is 4. The molecule has 1 saturated heterocycles. The van der Waals surface area contributed by atoms with Crippen LogP contribution in [0.3, 0.4) is 0 Å². The fourth-order valence-electron chi connectivity index (χ4n) is 2.41. The molecule has 0 radical (unpaired) electrons. The van der Waals surface area contributed by atoms with Crippen LogP contribution >= 0.6 is 0 Å². The average molecular weight is 322 g/mol. The minimum absolute atomic E-state index is 0.148. The summed E-state index contributed by atoms with van der Waals surface area (Å²) in [5.74, 6) is 0.148. The average Bonchev–Trinajstić information content (AvgIpc) is 3.08. The molecule has 0 bridgehead atoms. The van der Waals surface area contributed by atoms with Gasteiger partial charge in [-0.3, -0.25) is 14.3 Å². The first-order valence-corrected chi connectivity index (χ1v) is 7.11. The third-order valence-electron chi connectivity index (χ3n) is 3.53. The van der Waals surface area contributed by atoms with Crippen molar-refractivity contribution in [2.24, 2.45) is 4.99 Å². The van der Waals surface area contributed by atoms with Gasteiger partial charge in [0, 0.05) is 20.5 Å². The lowest BCUT2D eigenvalue weighted by Crippen LogP contribution is -2.24. The molecule has 10 heteroatoms. The van der Waals surface area contributed by atoms with E-state index in [9.17, 15) is 15.0 Å². The standard InChI is InChI=1S/C13H18N6O4/c1-18(2)5-15-13-16-11-10(12(22)17-13)14-6-19(11)9-3-7(21)8(4-20)23-9/h5-9,20-21H,3-4H2,1-2H3,(H,16,17,22)/t7-,8-,9-/m1/s1. The Bertz CT molecular complexity index is 782. The molecule has 0 saturated carbocycles. The zero-order valence-corrected chi connectivity index (χ0v) is 12.7. The fourth-order valence-corrected chi connectivity index (χ4v) is 2.41. The summed E-state index contributed by atoms with van der Waals surface area (Å²) in [5, 5.41) is 19.0. The summed E-state index contributed by atoms with van der Waals surface area (Å²) in [7, 11) is 3.60. The van der Waals surface area contributed by atoms with E-state index in [1.165, 1.54) is 12.7 Å². The highest BCUT2D eigenvalue weighted by atomic mass is 16.5. The summed E-state index contributed by atoms with van der Waals surface area (Å²) >= 11 is 0. The Morgan fingerprint density at radius 3 is 3.04 bits per heavy atom. The number of aliphatic hydroxyl groups is 2. The number of hydrogen-bond acceptors (Lipinski definition) is 7. The number of nitrogens with one attached hydrogen (secondary N) is 1. The van der Waals surface area contributed by atoms with Crippen molar-refractivity contribution in [3.63, 3.8) is 0 Å². The van der Waals surface area contributed by atoms with E-state index >= 15 is 0 Å². The van der Waals surface area contributed by atoms with Crippen LogP contribution in [0.5, 0.6) is 0 Å². The third kappa shape index (κ3) is 2.96. The predicted molar refractivity (Wildman–Crippen MR) is 81.6 cm³/mol. The topological polar surface area (TPSA) is 129 Å². The van der Waals surface area contributed by atoms with Gasteiger partial charge in [-0.05, 0) is 0 Å². The van der Waals surface area contributed by atoms with E-state index in [1.54, 1.807) is 23.6 Å². The molecule has 3 N–H and O–H groups in total. The molecule has 3 atom stereocenters. The number of nitrogens with zero attached hydrogens (tertiary/aromatic N) is 5. The maximum atomic E-state index is 12.1. The van der Waals surface area contributed by atoms with Crippen molar-refractivity contribution in [1.29, 1.82) is 0 Å². The Morgan fingerprint density at radius 1 is 1.61 bits per heavy atom. The molecule has 0 spiro atoms. The van der Waals surface area contributed by atoms with Crippen LogP contribution in [0.15, 0.2) is 16.1 Å². The molecule has 2 aromatic heterocycles. The van der Waals surface area contributed by atoms with Crippen molar-refractivity contribution >= 4 is 23.5 Å². The molecule has 2 aromatic rings. The highest BCUT2D eigenvalue weighted by Crippen LogP contribution is 2.30. The van der Waals surface area contributed by atoms with Gasteiger partial charge in [0.2, 0.25) is 5.95 Å². The maximum Gasteiger partial charge on any atom is 0.280 e. The van der Waals surface area contributed by atoms with Gasteiger partial charge in [0.25, 0.3) is 5.56 Å². The van der Waals surface area contributed by atoms with Crippen LogP contribution in [0.2, 0.25) is 0 Å². The monoisotopic (exact) mass is 322 g/mol. The van der Waals surface area contributed by atoms with Crippen LogP contribution in [0.4, 0.5) is 5.95 Å². The van der Waals surface area contributed by atoms with E-state index in [1.807, 2.05) is 0 Å². The second kappa shape index (κ2) is 6.07. The van der Waals surface area contributed by atoms with Gasteiger partial charge in [0.05, 0.1) is 25.4 Å². The van der Waals surface area contributed by atoms with Gasteiger partial charge >= 0.3 is 0 Å². The lowest BCUT2D eigenvalue weighted by Gasteiger charge is -2.13. The number of aliphatic imine (C=N–C) groups is 1. The van der Waals surface area contributed by atoms with Crippen molar-refractivity contribution in [2.45, 2.75) is 24.9 Å². The Kier molecular flexibility index (Phi) is 4.11. The highest BCUT2D eigenvalue weighted by molar-refractivity contribution is 5.71. The van der Waals surface area contributed by atoms with Gasteiger partial charge in [-0.1, -0.05) is 0 Å². The molecular weight excluding hydrogens is 304 g/mol. The predicted octanol–water partition coefficient (Wildman–Crippen LogP) is -1.02. The molecule has 3 rings (SSSR count). The van der Waals surface area contributed by atoms with E-state index in [2.05, 4.69) is 19.9 Å². The zero-order valence-electron chi connectivity index (χ0n) is 12.7. The highest BCUT2D eigenvalue weighted by Gasteiger charge is 2.35. The van der Waals surface area contributed by atoms with Crippen LogP contribution in [0.25, 0.3) is 11.2 Å². The quantitative estimate of drug-likeness (QED) is 0.485. The Morgan fingerprint density at radius 2 is 2.39 bits per heavy atom. The SMILES string of the molecule is CN(C)C=Nc1nc2c(ncn2[C@H]2C[C@@H](O)[C@@H](CO)O2)c(=O)[nH]1. The van der Waals surface area contributed by atoms with E-state index < -0.39 is 24.0 Å². The molecule has 0 aliphatic carbocycles. The van der Waals surface area contributed by atoms with Gasteiger partial charge in [-0.15, -0.1) is 0 Å². The smallest absolute Gasteiger partial charge is 0.280 e. The lowest BCUT2D eigenvalue weighted by molar-refractivity contribution is -0.0432. The number of imidazole rings is 1. The summed E-state index contributed by atoms with van der Waals surface area (Å²) in [5.41, 5.74) is 0.0756. The van der Waals surface area contributed by atoms with Crippen molar-refractivity contribution in [1.82, 2.24) is 24.4 Å². The van der Waals surface area contributed by atoms with Gasteiger partial charge in [-0.25, -0.2) is 9.98 Å². The van der Waals surface area contributed by atoms with Gasteiger partial charge in [0.1, 0.15) is 12.3 Å². The molecule has 3 heterocycles. The summed E-state index contributed by atoms with van der Waals surface area (Å²) in [6.07, 6.45) is 1.24. The number of rotatable bonds is 4. The number of hydrogen-bond donors (Lipinski definition) is 3. The second-order valence-electron chi connectivity index (χ2n) is 5.54. The largest absolute Gasteiger partial charge is 0.394 e. The zero-order chi connectivity index (χ0) is 16.6. The lowest BCUT2D eigenvalue weighted by atomic mass is 10.2. The van der Waals surface area contributed by atoms with Crippen molar-refractivity contribution in [3.05, 3.63) is 16.7 Å². The summed E-state index contributed by atoms with van der Waals surface area (Å²) in [4.78, 5) is 28.7. The van der Waals surface area contributed by atoms with Crippen molar-refractivity contribution in [3.8, 4) is 0 Å². The summed E-state index contributed by atoms with van der Waals surface area (Å²) in [6, 6.07) is 0. The van der Waals surface area contributed by atoms with Gasteiger partial charge < -0.3 is 19.8 Å². The molecule has 23 heavy (non-hydrogen) atoms. The molecular formula is C13H18N6O4. The third-order valence-corrected chi connectivity index (χ3v) is 3.53.